The molecule has 0 radical (unpaired) electrons. The third-order valence-electron chi connectivity index (χ3n) is 6.78. The molecule has 3 atom stereocenters. The molecule has 1 aromatic heterocycles. The average Bonchev–Trinajstić information content (AvgIpc) is 2.90. The Kier molecular flexibility index (Phi) is 7.30. The lowest BCUT2D eigenvalue weighted by atomic mass is 10.1. The molecule has 2 aliphatic rings. The number of aromatic nitrogens is 2. The van der Waals surface area contributed by atoms with E-state index >= 15 is 8.78 Å². The number of fused-ring (bicyclic) bond motifs is 1. The fourth-order valence-corrected chi connectivity index (χ4v) is 16.2. The number of hydrogen-bond acceptors (Lipinski definition) is 7. The van der Waals surface area contributed by atoms with Gasteiger partial charge in [-0.3, -0.25) is 4.57 Å². The minimum absolute atomic E-state index is 0.0488. The van der Waals surface area contributed by atoms with Gasteiger partial charge in [0.05, 0.1) is 6.61 Å². The molecule has 2 saturated heterocycles. The lowest BCUT2D eigenvalue weighted by Gasteiger charge is -2.51. The Balaban J connectivity index is 2.13. The van der Waals surface area contributed by atoms with Crippen molar-refractivity contribution in [2.45, 2.75) is 102 Å². The Morgan fingerprint density at radius 1 is 1.06 bits per heavy atom. The fourth-order valence-electron chi connectivity index (χ4n) is 4.98. The van der Waals surface area contributed by atoms with Gasteiger partial charge >= 0.3 is 28.7 Å². The first-order valence-corrected chi connectivity index (χ1v) is 15.5. The van der Waals surface area contributed by atoms with Crippen molar-refractivity contribution in [2.24, 2.45) is 0 Å². The maximum absolute atomic E-state index is 15.9. The van der Waals surface area contributed by atoms with Gasteiger partial charge in [0.25, 0.3) is 0 Å². The largest absolute Gasteiger partial charge is 0.414 e. The Morgan fingerprint density at radius 3 is 2.09 bits per heavy atom. The second kappa shape index (κ2) is 9.12. The maximum atomic E-state index is 15.9. The summed E-state index contributed by atoms with van der Waals surface area (Å²) in [5, 5.41) is 0. The van der Waals surface area contributed by atoms with Crippen LogP contribution in [0.5, 0.6) is 0 Å². The summed E-state index contributed by atoms with van der Waals surface area (Å²) >= 11 is 0. The van der Waals surface area contributed by atoms with Crippen LogP contribution in [0.15, 0.2) is 17.1 Å². The van der Waals surface area contributed by atoms with Gasteiger partial charge in [-0.05, 0) is 28.2 Å². The second-order valence-corrected chi connectivity index (χ2v) is 19.1. The number of alkyl halides is 2. The second-order valence-electron chi connectivity index (χ2n) is 10.3. The lowest BCUT2D eigenvalue weighted by Crippen LogP contribution is -2.66. The summed E-state index contributed by atoms with van der Waals surface area (Å²) in [5.41, 5.74) is 4.55. The molecule has 3 rings (SSSR count). The number of nitrogens with two attached hydrogens (primary N) is 1. The van der Waals surface area contributed by atoms with Gasteiger partial charge in [0.1, 0.15) is 18.0 Å². The van der Waals surface area contributed by atoms with Crippen LogP contribution in [0.2, 0.25) is 22.2 Å². The topological polar surface area (TPSA) is 97.8 Å². The van der Waals surface area contributed by atoms with Gasteiger partial charge in [-0.25, -0.2) is 4.79 Å². The maximum Gasteiger partial charge on any atom is 0.351 e. The highest BCUT2D eigenvalue weighted by Crippen LogP contribution is 2.52. The van der Waals surface area contributed by atoms with E-state index in [1.54, 1.807) is 0 Å². The van der Waals surface area contributed by atoms with Gasteiger partial charge in [-0.15, -0.1) is 0 Å². The molecule has 2 aliphatic heterocycles. The summed E-state index contributed by atoms with van der Waals surface area (Å²) in [7, 11) is -6.15. The lowest BCUT2D eigenvalue weighted by molar-refractivity contribution is -0.140. The summed E-state index contributed by atoms with van der Waals surface area (Å²) < 4.78 is 58.2. The summed E-state index contributed by atoms with van der Waals surface area (Å²) in [4.78, 5) is 15.9. The predicted molar refractivity (Wildman–Crippen MR) is 126 cm³/mol. The van der Waals surface area contributed by atoms with E-state index in [0.717, 1.165) is 4.57 Å². The Labute approximate surface area is 196 Å². The molecule has 2 N–H and O–H groups in total. The van der Waals surface area contributed by atoms with Crippen LogP contribution < -0.4 is 11.4 Å². The zero-order chi connectivity index (χ0) is 24.9. The molecule has 1 aromatic rings. The molecule has 3 heterocycles. The molecule has 188 valence electrons. The number of halogens is 2. The van der Waals surface area contributed by atoms with E-state index in [1.165, 1.54) is 12.3 Å². The quantitative estimate of drug-likeness (QED) is 0.595. The zero-order valence-corrected chi connectivity index (χ0v) is 22.7. The highest BCUT2D eigenvalue weighted by atomic mass is 28.5. The van der Waals surface area contributed by atoms with E-state index in [9.17, 15) is 4.79 Å². The van der Waals surface area contributed by atoms with Gasteiger partial charge < -0.3 is 23.4 Å². The monoisotopic (exact) mass is 505 g/mol. The molecule has 0 bridgehead atoms. The van der Waals surface area contributed by atoms with Crippen molar-refractivity contribution in [3.05, 3.63) is 22.7 Å². The van der Waals surface area contributed by atoms with Crippen LogP contribution in [0.4, 0.5) is 14.6 Å². The van der Waals surface area contributed by atoms with Crippen LogP contribution in [-0.4, -0.2) is 51.4 Å². The van der Waals surface area contributed by atoms with Gasteiger partial charge in [0.15, 0.2) is 0 Å². The molecule has 0 spiro atoms. The van der Waals surface area contributed by atoms with Crippen molar-refractivity contribution in [3.63, 3.8) is 0 Å². The SMILES string of the molecule is CC(C)[Si]1(C(C)C)OC[C@H]2O[C@@H](n3ccc(N)nc3=O)C(F)(F)C2O[Si](C(C)C)(C(C)C)O1. The van der Waals surface area contributed by atoms with Crippen LogP contribution in [0, 0.1) is 0 Å². The van der Waals surface area contributed by atoms with Crippen molar-refractivity contribution in [1.82, 2.24) is 9.55 Å². The van der Waals surface area contributed by atoms with Crippen molar-refractivity contribution >= 4 is 22.9 Å². The number of hydrogen-bond donors (Lipinski definition) is 1. The Morgan fingerprint density at radius 2 is 1.61 bits per heavy atom. The standard InChI is InChI=1S/C21H37F2N3O5Si2/c1-12(2)32(13(3)4)28-11-16-18(30-33(31-32,14(5)6)15(7)8)21(22,23)19(29-16)26-10-9-17(24)25-20(26)27/h9-10,12-16,18-19H,11H2,1-8H3,(H2,24,25,27)/t16-,18?,19-/m1/s1. The van der Waals surface area contributed by atoms with E-state index in [-0.39, 0.29) is 34.6 Å². The first-order chi connectivity index (χ1) is 15.2. The number of nitrogen functional groups attached to an aromatic ring is 1. The van der Waals surface area contributed by atoms with E-state index in [2.05, 4.69) is 32.7 Å². The Hall–Kier alpha value is -1.19. The predicted octanol–water partition coefficient (Wildman–Crippen LogP) is 4.31. The van der Waals surface area contributed by atoms with Crippen LogP contribution in [0.25, 0.3) is 0 Å². The summed E-state index contributed by atoms with van der Waals surface area (Å²) in [6, 6.07) is 1.29. The van der Waals surface area contributed by atoms with Gasteiger partial charge in [0.2, 0.25) is 6.23 Å². The van der Waals surface area contributed by atoms with Gasteiger partial charge in [-0.2, -0.15) is 13.8 Å². The number of rotatable bonds is 5. The number of anilines is 1. The molecule has 0 aromatic carbocycles. The van der Waals surface area contributed by atoms with Crippen molar-refractivity contribution < 1.29 is 26.5 Å². The molecule has 8 nitrogen and oxygen atoms in total. The van der Waals surface area contributed by atoms with Crippen molar-refractivity contribution in [2.75, 3.05) is 12.3 Å². The van der Waals surface area contributed by atoms with Crippen molar-refractivity contribution in [1.29, 1.82) is 0 Å². The molecule has 0 aliphatic carbocycles. The summed E-state index contributed by atoms with van der Waals surface area (Å²) in [6.07, 6.45) is -3.38. The number of nitrogens with zero attached hydrogens (tertiary/aromatic N) is 2. The smallest absolute Gasteiger partial charge is 0.351 e. The third kappa shape index (κ3) is 4.34. The van der Waals surface area contributed by atoms with Crippen LogP contribution in [0.3, 0.4) is 0 Å². The molecule has 0 amide bonds. The van der Waals surface area contributed by atoms with Crippen molar-refractivity contribution in [3.8, 4) is 0 Å². The van der Waals surface area contributed by atoms with E-state index in [1.807, 2.05) is 27.7 Å². The normalized spacial score (nSPS) is 28.8. The molecular formula is C21H37F2N3O5Si2. The molecular weight excluding hydrogens is 468 g/mol. The van der Waals surface area contributed by atoms with E-state index in [0.29, 0.717) is 0 Å². The third-order valence-corrected chi connectivity index (χ3v) is 17.0. The Bertz CT molecular complexity index is 896. The first-order valence-electron chi connectivity index (χ1n) is 11.6. The molecule has 33 heavy (non-hydrogen) atoms. The fraction of sp³-hybridized carbons (Fsp3) is 0.810. The molecule has 12 heteroatoms. The molecule has 0 saturated carbocycles. The highest BCUT2D eigenvalue weighted by Gasteiger charge is 2.67. The summed E-state index contributed by atoms with van der Waals surface area (Å²) in [6.45, 7) is 16.0. The van der Waals surface area contributed by atoms with Crippen LogP contribution in [-0.2, 0) is 17.7 Å². The van der Waals surface area contributed by atoms with Crippen LogP contribution in [0.1, 0.15) is 61.6 Å². The number of ether oxygens (including phenoxy) is 1. The highest BCUT2D eigenvalue weighted by molar-refractivity contribution is 6.84. The first kappa shape index (κ1) is 26.4. The minimum atomic E-state index is -3.52. The van der Waals surface area contributed by atoms with Gasteiger partial charge in [-0.1, -0.05) is 55.4 Å². The molecule has 2 fully saturated rings. The summed E-state index contributed by atoms with van der Waals surface area (Å²) in [5.74, 6) is -3.56. The molecule has 1 unspecified atom stereocenters. The minimum Gasteiger partial charge on any atom is -0.414 e. The van der Waals surface area contributed by atoms with Crippen LogP contribution >= 0.6 is 0 Å². The van der Waals surface area contributed by atoms with Gasteiger partial charge in [0, 0.05) is 6.20 Å². The van der Waals surface area contributed by atoms with E-state index in [4.69, 9.17) is 23.4 Å². The average molecular weight is 506 g/mol. The van der Waals surface area contributed by atoms with E-state index < -0.39 is 47.2 Å². The zero-order valence-electron chi connectivity index (χ0n) is 20.7.